The van der Waals surface area contributed by atoms with Crippen LogP contribution in [0, 0.1) is 0 Å². The topological polar surface area (TPSA) is 9.23 Å². The standard InChI is InChI=1S/C19H24OTe/c1(2-10-16-21-19-13-7-4-8-14-19)9-15-20-17-18-11-5-3-6-12-18/h3-8,11-14H,1-2,9-10,15-17H2. The van der Waals surface area contributed by atoms with Crippen molar-refractivity contribution in [1.29, 1.82) is 0 Å². The molecule has 0 fully saturated rings. The SMILES string of the molecule is c1ccc(COCCCCCC[Te]c2ccccc2)cc1. The molecule has 0 N–H and O–H groups in total. The fraction of sp³-hybridized carbons (Fsp3) is 0.368. The van der Waals surface area contributed by atoms with Crippen molar-refractivity contribution in [1.82, 2.24) is 0 Å². The first kappa shape index (κ1) is 16.6. The molecule has 2 aromatic carbocycles. The summed E-state index contributed by atoms with van der Waals surface area (Å²) in [6, 6.07) is 21.4. The van der Waals surface area contributed by atoms with Gasteiger partial charge >= 0.3 is 139 Å². The van der Waals surface area contributed by atoms with Gasteiger partial charge in [-0.15, -0.1) is 0 Å². The third-order valence-electron chi connectivity index (χ3n) is 3.31. The van der Waals surface area contributed by atoms with Crippen LogP contribution in [0.4, 0.5) is 0 Å². The van der Waals surface area contributed by atoms with E-state index in [4.69, 9.17) is 4.74 Å². The Kier molecular flexibility index (Phi) is 8.56. The number of hydrogen-bond donors (Lipinski definition) is 0. The van der Waals surface area contributed by atoms with Crippen molar-refractivity contribution in [3.05, 3.63) is 66.2 Å². The van der Waals surface area contributed by atoms with Gasteiger partial charge in [-0.2, -0.15) is 0 Å². The predicted molar refractivity (Wildman–Crippen MR) is 91.2 cm³/mol. The number of rotatable bonds is 10. The summed E-state index contributed by atoms with van der Waals surface area (Å²) in [5, 5.41) is 0. The van der Waals surface area contributed by atoms with E-state index < -0.39 is 0 Å². The second-order valence-electron chi connectivity index (χ2n) is 5.11. The van der Waals surface area contributed by atoms with Gasteiger partial charge < -0.3 is 0 Å². The molecule has 0 heterocycles. The molecule has 0 bridgehead atoms. The van der Waals surface area contributed by atoms with Crippen molar-refractivity contribution < 1.29 is 4.74 Å². The molecule has 0 spiro atoms. The van der Waals surface area contributed by atoms with Crippen LogP contribution in [-0.4, -0.2) is 27.5 Å². The number of hydrogen-bond acceptors (Lipinski definition) is 1. The number of benzene rings is 2. The Bertz CT molecular complexity index is 424. The van der Waals surface area contributed by atoms with Gasteiger partial charge in [0, 0.05) is 0 Å². The van der Waals surface area contributed by atoms with Crippen LogP contribution in [0.5, 0.6) is 0 Å². The Morgan fingerprint density at radius 1 is 0.714 bits per heavy atom. The van der Waals surface area contributed by atoms with Crippen LogP contribution in [0.25, 0.3) is 0 Å². The third kappa shape index (κ3) is 7.67. The van der Waals surface area contributed by atoms with Crippen molar-refractivity contribution in [3.8, 4) is 0 Å². The molecule has 0 radical (unpaired) electrons. The van der Waals surface area contributed by atoms with Gasteiger partial charge in [0.1, 0.15) is 0 Å². The summed E-state index contributed by atoms with van der Waals surface area (Å²) in [6.07, 6.45) is 5.23. The minimum absolute atomic E-state index is 0.0575. The summed E-state index contributed by atoms with van der Waals surface area (Å²) < 4.78 is 8.73. The Hall–Kier alpha value is -0.810. The quantitative estimate of drug-likeness (QED) is 0.432. The minimum atomic E-state index is 0.0575. The molecule has 0 atom stereocenters. The van der Waals surface area contributed by atoms with E-state index in [2.05, 4.69) is 54.6 Å². The molecule has 1 nitrogen and oxygen atoms in total. The zero-order valence-corrected chi connectivity index (χ0v) is 14.9. The Labute approximate surface area is 138 Å². The van der Waals surface area contributed by atoms with Crippen LogP contribution >= 0.6 is 0 Å². The van der Waals surface area contributed by atoms with Gasteiger partial charge in [0.25, 0.3) is 0 Å². The normalized spacial score (nSPS) is 10.7. The molecule has 0 amide bonds. The number of unbranched alkanes of at least 4 members (excludes halogenated alkanes) is 3. The molecule has 2 rings (SSSR count). The molecule has 21 heavy (non-hydrogen) atoms. The van der Waals surface area contributed by atoms with E-state index in [9.17, 15) is 0 Å². The van der Waals surface area contributed by atoms with E-state index in [1.165, 1.54) is 35.7 Å². The van der Waals surface area contributed by atoms with Crippen LogP contribution in [-0.2, 0) is 11.3 Å². The summed E-state index contributed by atoms with van der Waals surface area (Å²) in [6.45, 7) is 1.64. The van der Waals surface area contributed by atoms with Gasteiger partial charge in [-0.3, -0.25) is 0 Å². The Balaban J connectivity index is 1.40. The van der Waals surface area contributed by atoms with Crippen LogP contribution in [0.1, 0.15) is 31.2 Å². The monoisotopic (exact) mass is 398 g/mol. The summed E-state index contributed by atoms with van der Waals surface area (Å²) in [5.74, 6) is 0. The van der Waals surface area contributed by atoms with Gasteiger partial charge in [-0.25, -0.2) is 0 Å². The Morgan fingerprint density at radius 3 is 2.14 bits per heavy atom. The predicted octanol–water partition coefficient (Wildman–Crippen LogP) is 4.21. The molecule has 0 aliphatic heterocycles. The van der Waals surface area contributed by atoms with Crippen molar-refractivity contribution in [2.75, 3.05) is 6.61 Å². The molecule has 2 aromatic rings. The van der Waals surface area contributed by atoms with E-state index in [1.807, 2.05) is 6.07 Å². The molecular weight excluding hydrogens is 372 g/mol. The van der Waals surface area contributed by atoms with E-state index in [0.717, 1.165) is 13.2 Å². The van der Waals surface area contributed by atoms with E-state index in [0.29, 0.717) is 0 Å². The molecule has 2 heteroatoms. The molecule has 0 unspecified atom stereocenters. The van der Waals surface area contributed by atoms with Crippen LogP contribution in [0.2, 0.25) is 4.47 Å². The van der Waals surface area contributed by atoms with E-state index >= 15 is 0 Å². The summed E-state index contributed by atoms with van der Waals surface area (Å²) in [5.41, 5.74) is 1.27. The molecule has 0 aliphatic carbocycles. The summed E-state index contributed by atoms with van der Waals surface area (Å²) in [7, 11) is 0. The first-order valence-electron chi connectivity index (χ1n) is 7.75. The van der Waals surface area contributed by atoms with Gasteiger partial charge in [-0.1, -0.05) is 0 Å². The molecule has 0 saturated heterocycles. The number of ether oxygens (including phenoxy) is 1. The van der Waals surface area contributed by atoms with Crippen LogP contribution in [0.3, 0.4) is 0 Å². The fourth-order valence-corrected chi connectivity index (χ4v) is 4.80. The van der Waals surface area contributed by atoms with Crippen molar-refractivity contribution >= 4 is 24.5 Å². The molecule has 0 saturated carbocycles. The molecule has 0 aromatic heterocycles. The summed E-state index contributed by atoms with van der Waals surface area (Å²) >= 11 is 0.0575. The average molecular weight is 396 g/mol. The van der Waals surface area contributed by atoms with Crippen molar-refractivity contribution in [3.63, 3.8) is 0 Å². The second kappa shape index (κ2) is 10.9. The van der Waals surface area contributed by atoms with Crippen LogP contribution in [0.15, 0.2) is 60.7 Å². The zero-order valence-electron chi connectivity index (χ0n) is 12.5. The van der Waals surface area contributed by atoms with Gasteiger partial charge in [0.2, 0.25) is 0 Å². The van der Waals surface area contributed by atoms with Crippen molar-refractivity contribution in [2.45, 2.75) is 36.8 Å². The van der Waals surface area contributed by atoms with Gasteiger partial charge in [0.05, 0.1) is 0 Å². The third-order valence-corrected chi connectivity index (χ3v) is 6.44. The maximum atomic E-state index is 5.70. The molecular formula is C19H24OTe. The van der Waals surface area contributed by atoms with Gasteiger partial charge in [0.15, 0.2) is 0 Å². The van der Waals surface area contributed by atoms with Gasteiger partial charge in [-0.05, 0) is 0 Å². The fourth-order valence-electron chi connectivity index (χ4n) is 2.13. The Morgan fingerprint density at radius 2 is 1.38 bits per heavy atom. The first-order valence-corrected chi connectivity index (χ1v) is 10.6. The average Bonchev–Trinajstić information content (AvgIpc) is 2.55. The van der Waals surface area contributed by atoms with E-state index in [1.54, 1.807) is 3.61 Å². The maximum absolute atomic E-state index is 5.70. The summed E-state index contributed by atoms with van der Waals surface area (Å²) in [4.78, 5) is 0. The zero-order chi connectivity index (χ0) is 14.6. The molecule has 112 valence electrons. The first-order chi connectivity index (χ1) is 10.4. The van der Waals surface area contributed by atoms with E-state index in [-0.39, 0.29) is 20.9 Å². The van der Waals surface area contributed by atoms with Crippen LogP contribution < -0.4 is 3.61 Å². The molecule has 0 aliphatic rings. The van der Waals surface area contributed by atoms with Crippen molar-refractivity contribution in [2.24, 2.45) is 0 Å². The second-order valence-corrected chi connectivity index (χ2v) is 8.45.